The molecule has 0 amide bonds. The fourth-order valence-electron chi connectivity index (χ4n) is 3.00. The molecule has 1 unspecified atom stereocenters. The summed E-state index contributed by atoms with van der Waals surface area (Å²) in [6, 6.07) is 6.19. The number of hydrogen-bond donors (Lipinski definition) is 2. The third kappa shape index (κ3) is 5.34. The number of nitrogens with zero attached hydrogens (tertiary/aromatic N) is 1. The van der Waals surface area contributed by atoms with E-state index < -0.39 is 9.84 Å². The Morgan fingerprint density at radius 1 is 1.25 bits per heavy atom. The van der Waals surface area contributed by atoms with Crippen molar-refractivity contribution in [2.45, 2.75) is 51.2 Å². The van der Waals surface area contributed by atoms with Crippen LogP contribution in [0.4, 0.5) is 5.69 Å². The molecule has 1 aromatic carbocycles. The lowest BCUT2D eigenvalue weighted by atomic mass is 10.0. The van der Waals surface area contributed by atoms with Gasteiger partial charge in [-0.25, -0.2) is 8.42 Å². The van der Waals surface area contributed by atoms with E-state index in [1.165, 1.54) is 11.1 Å². The fourth-order valence-corrected chi connectivity index (χ4v) is 4.76. The number of halogens is 1. The van der Waals surface area contributed by atoms with Crippen LogP contribution < -0.4 is 11.1 Å². The Bertz CT molecular complexity index is 652. The van der Waals surface area contributed by atoms with Crippen LogP contribution >= 0.6 is 24.0 Å². The maximum Gasteiger partial charge on any atom is 0.193 e. The van der Waals surface area contributed by atoms with Gasteiger partial charge in [0.05, 0.1) is 17.5 Å². The van der Waals surface area contributed by atoms with Crippen LogP contribution in [0.5, 0.6) is 0 Å². The summed E-state index contributed by atoms with van der Waals surface area (Å²) in [5.74, 6) is 0.570. The van der Waals surface area contributed by atoms with E-state index in [0.29, 0.717) is 12.4 Å². The third-order valence-corrected chi connectivity index (χ3v) is 6.69. The van der Waals surface area contributed by atoms with E-state index in [1.54, 1.807) is 0 Å². The molecular weight excluding hydrogens is 437 g/mol. The van der Waals surface area contributed by atoms with Gasteiger partial charge in [-0.05, 0) is 36.8 Å². The molecule has 0 radical (unpaired) electrons. The SMILES string of the molecule is CCc1cccc(CC)c1NC(N)=NCC1CCCCS1(=O)=O.I. The molecule has 5 nitrogen and oxygen atoms in total. The van der Waals surface area contributed by atoms with Gasteiger partial charge >= 0.3 is 0 Å². The van der Waals surface area contributed by atoms with E-state index in [4.69, 9.17) is 5.73 Å². The molecular formula is C17H28IN3O2S. The van der Waals surface area contributed by atoms with Crippen molar-refractivity contribution in [3.63, 3.8) is 0 Å². The Morgan fingerprint density at radius 2 is 1.88 bits per heavy atom. The minimum atomic E-state index is -3.01. The topological polar surface area (TPSA) is 84.5 Å². The number of guanidine groups is 1. The Morgan fingerprint density at radius 3 is 2.42 bits per heavy atom. The molecule has 0 aliphatic carbocycles. The predicted octanol–water partition coefficient (Wildman–Crippen LogP) is 3.12. The molecule has 7 heteroatoms. The van der Waals surface area contributed by atoms with Crippen LogP contribution in [0, 0.1) is 0 Å². The third-order valence-electron chi connectivity index (χ3n) is 4.43. The van der Waals surface area contributed by atoms with E-state index >= 15 is 0 Å². The first-order valence-corrected chi connectivity index (χ1v) is 10.1. The number of rotatable bonds is 5. The molecule has 1 atom stereocenters. The van der Waals surface area contributed by atoms with Gasteiger partial charge < -0.3 is 11.1 Å². The lowest BCUT2D eigenvalue weighted by Crippen LogP contribution is -2.33. The zero-order valence-electron chi connectivity index (χ0n) is 14.4. The van der Waals surface area contributed by atoms with Gasteiger partial charge in [-0.3, -0.25) is 4.99 Å². The summed E-state index contributed by atoms with van der Waals surface area (Å²) in [4.78, 5) is 4.29. The van der Waals surface area contributed by atoms with Gasteiger partial charge in [0.2, 0.25) is 0 Å². The number of benzene rings is 1. The standard InChI is InChI=1S/C17H27N3O2S.HI/c1-3-13-8-7-9-14(4-2)16(13)20-17(18)19-12-15-10-5-6-11-23(15,21)22;/h7-9,15H,3-6,10-12H2,1-2H3,(H3,18,19,20);1H. The molecule has 1 aliphatic rings. The van der Waals surface area contributed by atoms with Crippen LogP contribution in [0.3, 0.4) is 0 Å². The maximum absolute atomic E-state index is 12.0. The van der Waals surface area contributed by atoms with Crippen molar-refractivity contribution in [2.24, 2.45) is 10.7 Å². The molecule has 0 spiro atoms. The van der Waals surface area contributed by atoms with Crippen LogP contribution in [0.25, 0.3) is 0 Å². The molecule has 1 saturated heterocycles. The second-order valence-electron chi connectivity index (χ2n) is 5.99. The summed E-state index contributed by atoms with van der Waals surface area (Å²) in [5, 5.41) is 2.80. The molecule has 3 N–H and O–H groups in total. The summed E-state index contributed by atoms with van der Waals surface area (Å²) in [6.45, 7) is 4.45. The van der Waals surface area contributed by atoms with Crippen LogP contribution in [-0.4, -0.2) is 31.9 Å². The average molecular weight is 465 g/mol. The van der Waals surface area contributed by atoms with Crippen molar-refractivity contribution in [2.75, 3.05) is 17.6 Å². The highest BCUT2D eigenvalue weighted by atomic mass is 127. The smallest absolute Gasteiger partial charge is 0.193 e. The lowest BCUT2D eigenvalue weighted by molar-refractivity contribution is 0.541. The molecule has 0 bridgehead atoms. The molecule has 1 fully saturated rings. The molecule has 136 valence electrons. The zero-order chi connectivity index (χ0) is 16.9. The first-order valence-electron chi connectivity index (χ1n) is 8.37. The quantitative estimate of drug-likeness (QED) is 0.398. The minimum Gasteiger partial charge on any atom is -0.370 e. The second-order valence-corrected chi connectivity index (χ2v) is 8.39. The van der Waals surface area contributed by atoms with Crippen molar-refractivity contribution in [3.8, 4) is 0 Å². The van der Waals surface area contributed by atoms with Gasteiger partial charge in [0, 0.05) is 5.69 Å². The molecule has 0 aromatic heterocycles. The molecule has 2 rings (SSSR count). The van der Waals surface area contributed by atoms with Gasteiger partial charge in [0.15, 0.2) is 15.8 Å². The number of hydrogen-bond acceptors (Lipinski definition) is 3. The minimum absolute atomic E-state index is 0. The van der Waals surface area contributed by atoms with Crippen molar-refractivity contribution in [1.82, 2.24) is 0 Å². The number of aryl methyl sites for hydroxylation is 2. The number of anilines is 1. The molecule has 24 heavy (non-hydrogen) atoms. The van der Waals surface area contributed by atoms with Gasteiger partial charge in [-0.15, -0.1) is 24.0 Å². The molecule has 0 saturated carbocycles. The summed E-state index contributed by atoms with van der Waals surface area (Å²) in [5.41, 5.74) is 9.38. The van der Waals surface area contributed by atoms with E-state index in [9.17, 15) is 8.42 Å². The summed E-state index contributed by atoms with van der Waals surface area (Å²) in [6.07, 6.45) is 4.21. The number of sulfone groups is 1. The highest BCUT2D eigenvalue weighted by molar-refractivity contribution is 14.0. The number of nitrogens with two attached hydrogens (primary N) is 1. The van der Waals surface area contributed by atoms with Crippen LogP contribution in [0.1, 0.15) is 44.2 Å². The maximum atomic E-state index is 12.0. The van der Waals surface area contributed by atoms with Gasteiger partial charge in [-0.1, -0.05) is 38.5 Å². The monoisotopic (exact) mass is 465 g/mol. The van der Waals surface area contributed by atoms with E-state index in [0.717, 1.165) is 31.4 Å². The molecule has 1 aliphatic heterocycles. The number of aliphatic imine (C=N–C) groups is 1. The van der Waals surface area contributed by atoms with E-state index in [2.05, 4.69) is 36.3 Å². The predicted molar refractivity (Wildman–Crippen MR) is 112 cm³/mol. The average Bonchev–Trinajstić information content (AvgIpc) is 2.53. The lowest BCUT2D eigenvalue weighted by Gasteiger charge is -2.21. The number of nitrogens with one attached hydrogen (secondary N) is 1. The Kier molecular flexibility index (Phi) is 8.49. The summed E-state index contributed by atoms with van der Waals surface area (Å²) in [7, 11) is -3.01. The van der Waals surface area contributed by atoms with Gasteiger partial charge in [0.1, 0.15) is 0 Å². The summed E-state index contributed by atoms with van der Waals surface area (Å²) < 4.78 is 24.0. The Hall–Kier alpha value is -0.830. The van der Waals surface area contributed by atoms with Crippen molar-refractivity contribution >= 4 is 45.5 Å². The Balaban J connectivity index is 0.00000288. The van der Waals surface area contributed by atoms with Crippen molar-refractivity contribution in [3.05, 3.63) is 29.3 Å². The largest absolute Gasteiger partial charge is 0.370 e. The van der Waals surface area contributed by atoms with E-state index in [-0.39, 0.29) is 41.5 Å². The highest BCUT2D eigenvalue weighted by Crippen LogP contribution is 2.23. The van der Waals surface area contributed by atoms with Crippen LogP contribution in [0.15, 0.2) is 23.2 Å². The van der Waals surface area contributed by atoms with Gasteiger partial charge in [-0.2, -0.15) is 0 Å². The van der Waals surface area contributed by atoms with Crippen molar-refractivity contribution < 1.29 is 8.42 Å². The van der Waals surface area contributed by atoms with Gasteiger partial charge in [0.25, 0.3) is 0 Å². The normalized spacial score (nSPS) is 20.2. The fraction of sp³-hybridized carbons (Fsp3) is 0.588. The highest BCUT2D eigenvalue weighted by Gasteiger charge is 2.28. The first kappa shape index (κ1) is 21.2. The first-order chi connectivity index (χ1) is 11.0. The Labute approximate surface area is 162 Å². The zero-order valence-corrected chi connectivity index (χ0v) is 17.6. The molecule has 1 heterocycles. The van der Waals surface area contributed by atoms with Crippen LogP contribution in [-0.2, 0) is 22.7 Å². The van der Waals surface area contributed by atoms with E-state index in [1.807, 2.05) is 6.07 Å². The summed E-state index contributed by atoms with van der Waals surface area (Å²) >= 11 is 0. The van der Waals surface area contributed by atoms with Crippen LogP contribution in [0.2, 0.25) is 0 Å². The van der Waals surface area contributed by atoms with Crippen molar-refractivity contribution in [1.29, 1.82) is 0 Å². The second kappa shape index (κ2) is 9.60. The number of para-hydroxylation sites is 1. The molecule has 1 aromatic rings.